The van der Waals surface area contributed by atoms with Gasteiger partial charge in [-0.1, -0.05) is 28.1 Å². The van der Waals surface area contributed by atoms with E-state index in [1.807, 2.05) is 35.8 Å². The van der Waals surface area contributed by atoms with Crippen molar-refractivity contribution in [2.75, 3.05) is 18.8 Å². The fraction of sp³-hybridized carbons (Fsp3) is 0.304. The van der Waals surface area contributed by atoms with Crippen molar-refractivity contribution in [1.82, 2.24) is 29.7 Å². The van der Waals surface area contributed by atoms with E-state index in [1.165, 1.54) is 0 Å². The van der Waals surface area contributed by atoms with E-state index in [-0.39, 0.29) is 17.8 Å². The normalized spacial score (nSPS) is 15.3. The van der Waals surface area contributed by atoms with Crippen LogP contribution in [-0.2, 0) is 11.3 Å². The van der Waals surface area contributed by atoms with Crippen molar-refractivity contribution in [3.8, 4) is 22.8 Å². The minimum atomic E-state index is -5.08. The number of nitrogens with zero attached hydrogens (tertiary/aromatic N) is 6. The predicted octanol–water partition coefficient (Wildman–Crippen LogP) is 3.32. The number of rotatable bonds is 4. The van der Waals surface area contributed by atoms with Crippen molar-refractivity contribution in [2.24, 2.45) is 5.73 Å². The van der Waals surface area contributed by atoms with Gasteiger partial charge in [0.2, 0.25) is 0 Å². The highest BCUT2D eigenvalue weighted by Gasteiger charge is 2.38. The van der Waals surface area contributed by atoms with Gasteiger partial charge in [0, 0.05) is 41.9 Å². The number of hydrogen-bond acceptors (Lipinski definition) is 9. The molecule has 4 heterocycles. The molecule has 0 bridgehead atoms. The number of benzene rings is 1. The van der Waals surface area contributed by atoms with Crippen LogP contribution in [0.15, 0.2) is 39.6 Å². The van der Waals surface area contributed by atoms with Gasteiger partial charge in [0.15, 0.2) is 17.3 Å². The summed E-state index contributed by atoms with van der Waals surface area (Å²) >= 11 is 3.46. The summed E-state index contributed by atoms with van der Waals surface area (Å²) in [5.41, 5.74) is 15.6. The molecule has 0 aliphatic carbocycles. The van der Waals surface area contributed by atoms with Crippen LogP contribution in [0.4, 0.5) is 19.0 Å². The van der Waals surface area contributed by atoms with Crippen molar-refractivity contribution in [2.45, 2.75) is 32.1 Å². The number of fused-ring (bicyclic) bond motifs is 1. The third-order valence-electron chi connectivity index (χ3n) is 5.91. The number of carbonyl (C=O) groups excluding carboxylic acids is 1. The SMILES string of the molecule is CCn1c(-c2nonc2N)nc2c(-c3ccc(Br)cc3)ncc(C(=O)N3CCC(N)C3)c21.O=C(O)C(F)(F)F. The van der Waals surface area contributed by atoms with E-state index in [2.05, 4.69) is 31.2 Å². The standard InChI is InChI=1S/C21H21BrN8O2.C2HF3O2/c1-2-30-18-14(21(31)29-8-7-13(23)10-29)9-25-15(11-3-5-12(22)6-4-11)16(18)26-20(30)17-19(24)28-32-27-17;3-2(4,5)1(6)7/h3-6,9,13H,2,7-8,10,23H2,1H3,(H2,24,28);(H,6,7). The number of carboxylic acids is 1. The molecule has 12 nitrogen and oxygen atoms in total. The number of nitrogen functional groups attached to an aromatic ring is 1. The van der Waals surface area contributed by atoms with Crippen LogP contribution in [0.25, 0.3) is 33.8 Å². The number of aliphatic carboxylic acids is 1. The van der Waals surface area contributed by atoms with Gasteiger partial charge < -0.3 is 26.0 Å². The molecule has 1 fully saturated rings. The Morgan fingerprint density at radius 2 is 1.87 bits per heavy atom. The number of pyridine rings is 1. The van der Waals surface area contributed by atoms with Crippen molar-refractivity contribution in [3.63, 3.8) is 0 Å². The largest absolute Gasteiger partial charge is 0.490 e. The Balaban J connectivity index is 0.000000448. The number of likely N-dealkylation sites (tertiary alicyclic amines) is 1. The second-order valence-corrected chi connectivity index (χ2v) is 9.42. The van der Waals surface area contributed by atoms with Crippen LogP contribution in [0.5, 0.6) is 0 Å². The monoisotopic (exact) mass is 610 g/mol. The molecule has 5 N–H and O–H groups in total. The fourth-order valence-electron chi connectivity index (χ4n) is 4.10. The molecule has 39 heavy (non-hydrogen) atoms. The van der Waals surface area contributed by atoms with Gasteiger partial charge in [-0.15, -0.1) is 0 Å². The highest BCUT2D eigenvalue weighted by atomic mass is 79.9. The minimum Gasteiger partial charge on any atom is -0.475 e. The molecule has 5 rings (SSSR count). The van der Waals surface area contributed by atoms with Crippen molar-refractivity contribution in [1.29, 1.82) is 0 Å². The summed E-state index contributed by atoms with van der Waals surface area (Å²) in [6.45, 7) is 3.63. The summed E-state index contributed by atoms with van der Waals surface area (Å²) in [5, 5.41) is 14.7. The summed E-state index contributed by atoms with van der Waals surface area (Å²) in [4.78, 5) is 33.6. The Bertz CT molecular complexity index is 1520. The third kappa shape index (κ3) is 5.70. The van der Waals surface area contributed by atoms with Gasteiger partial charge in [-0.25, -0.2) is 14.4 Å². The van der Waals surface area contributed by atoms with E-state index in [4.69, 9.17) is 31.0 Å². The van der Waals surface area contributed by atoms with E-state index in [0.29, 0.717) is 53.4 Å². The number of alkyl halides is 3. The summed E-state index contributed by atoms with van der Waals surface area (Å²) in [7, 11) is 0. The Morgan fingerprint density at radius 3 is 2.38 bits per heavy atom. The van der Waals surface area contributed by atoms with Gasteiger partial charge in [0.1, 0.15) is 5.52 Å². The summed E-state index contributed by atoms with van der Waals surface area (Å²) in [5.74, 6) is -2.27. The predicted molar refractivity (Wildman–Crippen MR) is 136 cm³/mol. The highest BCUT2D eigenvalue weighted by Crippen LogP contribution is 2.34. The van der Waals surface area contributed by atoms with Crippen LogP contribution >= 0.6 is 15.9 Å². The van der Waals surface area contributed by atoms with E-state index in [9.17, 15) is 18.0 Å². The van der Waals surface area contributed by atoms with Gasteiger partial charge in [-0.2, -0.15) is 13.2 Å². The second-order valence-electron chi connectivity index (χ2n) is 8.51. The maximum absolute atomic E-state index is 13.4. The van der Waals surface area contributed by atoms with E-state index >= 15 is 0 Å². The number of imidazole rings is 1. The quantitative estimate of drug-likeness (QED) is 0.310. The lowest BCUT2D eigenvalue weighted by Gasteiger charge is -2.17. The molecule has 1 amide bonds. The summed E-state index contributed by atoms with van der Waals surface area (Å²) < 4.78 is 39.4. The Hall–Kier alpha value is -4.05. The zero-order valence-corrected chi connectivity index (χ0v) is 21.9. The molecule has 4 aromatic rings. The lowest BCUT2D eigenvalue weighted by Crippen LogP contribution is -2.32. The highest BCUT2D eigenvalue weighted by molar-refractivity contribution is 9.10. The topological polar surface area (TPSA) is 179 Å². The Morgan fingerprint density at radius 1 is 1.21 bits per heavy atom. The molecular formula is C23H22BrF3N8O4. The van der Waals surface area contributed by atoms with Crippen LogP contribution in [0.1, 0.15) is 23.7 Å². The molecule has 206 valence electrons. The number of carbonyl (C=O) groups is 2. The maximum atomic E-state index is 13.4. The molecule has 0 saturated carbocycles. The first-order valence-corrected chi connectivity index (χ1v) is 12.3. The molecule has 1 aliphatic rings. The Kier molecular flexibility index (Phi) is 7.87. The zero-order valence-electron chi connectivity index (χ0n) is 20.3. The van der Waals surface area contributed by atoms with Crippen LogP contribution in [0.2, 0.25) is 0 Å². The van der Waals surface area contributed by atoms with Gasteiger partial charge in [-0.05, 0) is 35.8 Å². The number of amides is 1. The van der Waals surface area contributed by atoms with Gasteiger partial charge in [0.25, 0.3) is 5.91 Å². The molecule has 1 saturated heterocycles. The van der Waals surface area contributed by atoms with E-state index in [0.717, 1.165) is 16.5 Å². The number of halogens is 4. The van der Waals surface area contributed by atoms with Crippen molar-refractivity contribution in [3.05, 3.63) is 40.5 Å². The molecular weight excluding hydrogens is 589 g/mol. The fourth-order valence-corrected chi connectivity index (χ4v) is 4.36. The third-order valence-corrected chi connectivity index (χ3v) is 6.44. The van der Waals surface area contributed by atoms with Gasteiger partial charge >= 0.3 is 12.1 Å². The van der Waals surface area contributed by atoms with Gasteiger partial charge in [-0.3, -0.25) is 9.78 Å². The van der Waals surface area contributed by atoms with Crippen molar-refractivity contribution < 1.29 is 32.5 Å². The van der Waals surface area contributed by atoms with E-state index in [1.54, 1.807) is 11.1 Å². The molecule has 0 radical (unpaired) electrons. The first kappa shape index (κ1) is 28.0. The number of aromatic nitrogens is 5. The zero-order chi connectivity index (χ0) is 28.5. The smallest absolute Gasteiger partial charge is 0.475 e. The van der Waals surface area contributed by atoms with Crippen LogP contribution in [0, 0.1) is 0 Å². The summed E-state index contributed by atoms with van der Waals surface area (Å²) in [6, 6.07) is 7.75. The first-order chi connectivity index (χ1) is 18.4. The number of hydrogen-bond donors (Lipinski definition) is 3. The first-order valence-electron chi connectivity index (χ1n) is 11.5. The molecule has 1 aliphatic heterocycles. The molecule has 1 atom stereocenters. The molecule has 16 heteroatoms. The van der Waals surface area contributed by atoms with Crippen LogP contribution < -0.4 is 11.5 Å². The second kappa shape index (κ2) is 11.0. The molecule has 1 aromatic carbocycles. The summed E-state index contributed by atoms with van der Waals surface area (Å²) in [6.07, 6.45) is -2.69. The number of aryl methyl sites for hydroxylation is 1. The van der Waals surface area contributed by atoms with E-state index < -0.39 is 12.1 Å². The number of anilines is 1. The van der Waals surface area contributed by atoms with Gasteiger partial charge in [0.05, 0.1) is 16.8 Å². The molecule has 0 spiro atoms. The van der Waals surface area contributed by atoms with Crippen LogP contribution in [0.3, 0.4) is 0 Å². The van der Waals surface area contributed by atoms with Crippen LogP contribution in [-0.4, -0.2) is 72.0 Å². The number of carboxylic acid groups (broad SMARTS) is 1. The lowest BCUT2D eigenvalue weighted by atomic mass is 10.1. The Labute approximate surface area is 226 Å². The van der Waals surface area contributed by atoms with Crippen molar-refractivity contribution >= 4 is 44.7 Å². The number of nitrogens with two attached hydrogens (primary N) is 2. The molecule has 3 aromatic heterocycles. The molecule has 1 unspecified atom stereocenters. The maximum Gasteiger partial charge on any atom is 0.490 e. The average molecular weight is 611 g/mol. The lowest BCUT2D eigenvalue weighted by molar-refractivity contribution is -0.192. The minimum absolute atomic E-state index is 0.0166. The average Bonchev–Trinajstić information content (AvgIpc) is 3.61.